The summed E-state index contributed by atoms with van der Waals surface area (Å²) in [5.74, 6) is 0. The third kappa shape index (κ3) is 22.2. The molecule has 0 saturated heterocycles. The Hall–Kier alpha value is -4.96. The Balaban J connectivity index is 0.000000172. The first-order chi connectivity index (χ1) is 42.5. The van der Waals surface area contributed by atoms with Gasteiger partial charge in [-0.2, -0.15) is 11.3 Å². The van der Waals surface area contributed by atoms with Crippen LogP contribution in [0.1, 0.15) is 59.3 Å². The second-order valence-corrected chi connectivity index (χ2v) is 42.6. The number of hydrogen-bond donors (Lipinski definition) is 3. The van der Waals surface area contributed by atoms with Gasteiger partial charge in [-0.25, -0.2) is 8.75 Å². The smallest absolute Gasteiger partial charge is 0.423 e. The molecule has 0 unspecified atom stereocenters. The third-order valence-electron chi connectivity index (χ3n) is 13.1. The van der Waals surface area contributed by atoms with Crippen LogP contribution >= 0.6 is 134 Å². The molecule has 11 rings (SSSR count). The second kappa shape index (κ2) is 38.0. The third-order valence-corrected chi connectivity index (χ3v) is 39.1. The average molecular weight is 1660 g/mol. The molecule has 4 N–H and O–H groups in total. The normalized spacial score (nSPS) is 10.5. The number of unbranched alkanes of at least 4 members (excludes halogenated alkanes) is 3. The number of benzene rings is 4. The number of aromatic nitrogens is 3. The number of rotatable bonds is 19. The van der Waals surface area contributed by atoms with Gasteiger partial charge in [-0.15, -0.1) is 34.0 Å². The first-order valence-electron chi connectivity index (χ1n) is 27.4. The van der Waals surface area contributed by atoms with Crippen molar-refractivity contribution in [2.24, 2.45) is 0 Å². The summed E-state index contributed by atoms with van der Waals surface area (Å²) in [4.78, 5) is 36.5. The number of nitrogen functional groups attached to an aromatic ring is 1. The van der Waals surface area contributed by atoms with E-state index < -0.39 is 30.4 Å². The molecule has 27 heteroatoms. The standard InChI is InChI=1S/C13H8N2O2S2.C13H10N2S2.C10H6BrNO2S.C6H3BrINO2.C4H5BO2S.3C4H9.C3H2NS.Sn/c16-15(17)11-8-9(12-5-6-14-19-12)3-4-10(11)13-2-1-7-18-13;14-11-8-9(12-5-6-15-17-12)3-4-10(11)13-2-1-7-16-13;11-7-3-4-8(9(6-7)12(13)14)10-2-1-5-15-10;7-4-1-2-5(8)6(3-4)9(10)11;6-5(7)4-2-1-3-8-4;3*1-3-4-2;1-2-4-5-3-1;/h1-8H;1-8H,14H2;1-6H;1-3H;1-3,6-7H;3*1,3-4H2,2H3;1-2H;. The van der Waals surface area contributed by atoms with Crippen LogP contribution in [-0.2, 0) is 0 Å². The van der Waals surface area contributed by atoms with Crippen LogP contribution in [0.2, 0.25) is 13.3 Å². The summed E-state index contributed by atoms with van der Waals surface area (Å²) in [5, 5.41) is 57.1. The zero-order valence-corrected chi connectivity index (χ0v) is 61.8. The van der Waals surface area contributed by atoms with Crippen molar-refractivity contribution in [2.45, 2.75) is 72.6 Å². The first kappa shape index (κ1) is 72.1. The summed E-state index contributed by atoms with van der Waals surface area (Å²) in [5.41, 5.74) is 11.7. The van der Waals surface area contributed by atoms with Gasteiger partial charge in [-0.05, 0) is 139 Å². The van der Waals surface area contributed by atoms with Crippen molar-refractivity contribution in [1.82, 2.24) is 13.1 Å². The van der Waals surface area contributed by atoms with Crippen LogP contribution in [0.15, 0.2) is 189 Å². The van der Waals surface area contributed by atoms with E-state index in [-0.39, 0.29) is 26.9 Å². The van der Waals surface area contributed by atoms with Crippen LogP contribution < -0.4 is 13.4 Å². The molecule has 11 aromatic rings. The summed E-state index contributed by atoms with van der Waals surface area (Å²) >= 11 is 16.9. The molecule has 88 heavy (non-hydrogen) atoms. The molecule has 0 aliphatic heterocycles. The van der Waals surface area contributed by atoms with Crippen LogP contribution in [0.4, 0.5) is 22.7 Å². The molecule has 0 amide bonds. The number of nitrogens with zero attached hydrogens (tertiary/aromatic N) is 6. The van der Waals surface area contributed by atoms with E-state index in [2.05, 4.69) is 95.4 Å². The summed E-state index contributed by atoms with van der Waals surface area (Å²) in [6, 6.07) is 42.9. The Kier molecular flexibility index (Phi) is 31.2. The monoisotopic (exact) mass is 1660 g/mol. The molecule has 0 fully saturated rings. The van der Waals surface area contributed by atoms with Crippen LogP contribution in [0.5, 0.6) is 0 Å². The molecular formula is C61H61BBr2IN7O8S7Sn. The Morgan fingerprint density at radius 3 is 1.32 bits per heavy atom. The van der Waals surface area contributed by atoms with Gasteiger partial charge in [0.25, 0.3) is 17.1 Å². The first-order valence-corrected chi connectivity index (χ1v) is 43.4. The molecule has 0 aliphatic rings. The van der Waals surface area contributed by atoms with Gasteiger partial charge in [0.2, 0.25) is 0 Å². The zero-order chi connectivity index (χ0) is 63.4. The van der Waals surface area contributed by atoms with Gasteiger partial charge in [0.05, 0.1) is 39.2 Å². The van der Waals surface area contributed by atoms with E-state index in [0.717, 1.165) is 50.8 Å². The fourth-order valence-corrected chi connectivity index (χ4v) is 33.0. The molecule has 7 aromatic heterocycles. The molecule has 0 aliphatic carbocycles. The number of nitro benzene ring substituents is 3. The van der Waals surface area contributed by atoms with Crippen molar-refractivity contribution in [1.29, 1.82) is 0 Å². The molecule has 0 radical (unpaired) electrons. The van der Waals surface area contributed by atoms with Crippen molar-refractivity contribution >= 4 is 190 Å². The van der Waals surface area contributed by atoms with Crippen molar-refractivity contribution in [2.75, 3.05) is 5.73 Å². The number of thiophene rings is 4. The summed E-state index contributed by atoms with van der Waals surface area (Å²) < 4.78 is 21.6. The van der Waals surface area contributed by atoms with E-state index in [0.29, 0.717) is 19.5 Å². The van der Waals surface area contributed by atoms with Gasteiger partial charge in [0.1, 0.15) is 0 Å². The van der Waals surface area contributed by atoms with Crippen molar-refractivity contribution in [3.8, 4) is 52.2 Å². The molecule has 15 nitrogen and oxygen atoms in total. The molecule has 458 valence electrons. The number of nitrogens with two attached hydrogens (primary N) is 1. The van der Waals surface area contributed by atoms with Crippen LogP contribution in [-0.4, -0.2) is 63.4 Å². The van der Waals surface area contributed by atoms with Gasteiger partial charge >= 0.3 is 129 Å². The Morgan fingerprint density at radius 2 is 0.932 bits per heavy atom. The van der Waals surface area contributed by atoms with Gasteiger partial charge in [0, 0.05) is 75.8 Å². The predicted molar refractivity (Wildman–Crippen MR) is 391 cm³/mol. The van der Waals surface area contributed by atoms with Gasteiger partial charge in [0.15, 0.2) is 0 Å². The molecule has 4 aromatic carbocycles. The summed E-state index contributed by atoms with van der Waals surface area (Å²) in [6.07, 6.45) is 13.9. The van der Waals surface area contributed by atoms with Gasteiger partial charge < -0.3 is 15.8 Å². The number of anilines is 1. The number of nitro groups is 3. The fourth-order valence-electron chi connectivity index (χ4n) is 8.72. The van der Waals surface area contributed by atoms with E-state index in [4.69, 9.17) is 15.8 Å². The van der Waals surface area contributed by atoms with E-state index in [1.165, 1.54) is 113 Å². The maximum absolute atomic E-state index is 11.2. The molecule has 7 heterocycles. The predicted octanol–water partition coefficient (Wildman–Crippen LogP) is 20.2. The average Bonchev–Trinajstić information content (AvgIpc) is 4.33. The quantitative estimate of drug-likeness (QED) is 0.0225. The number of halogens is 3. The SMILES string of the molecule is CCC[CH2][Sn]([CH2]CCC)([CH2]CCC)[c]1ccns1.Nc1cc(-c2ccns2)ccc1-c1cccs1.O=[N+]([O-])c1cc(-c2ccns2)ccc1-c1cccs1.O=[N+]([O-])c1cc(Br)ccc1-c1cccs1.O=[N+]([O-])c1cc(Br)ccc1I.OB(O)c1cccs1. The zero-order valence-electron chi connectivity index (χ0n) is 47.9. The fraction of sp³-hybridized carbons (Fsp3) is 0.197. The molecule has 0 atom stereocenters. The molecule has 0 spiro atoms. The minimum atomic E-state index is -2.08. The summed E-state index contributed by atoms with van der Waals surface area (Å²) in [6.45, 7) is 7.01. The Bertz CT molecular complexity index is 3790. The summed E-state index contributed by atoms with van der Waals surface area (Å²) in [7, 11) is -1.30. The van der Waals surface area contributed by atoms with Gasteiger partial charge in [-0.1, -0.05) is 80.4 Å². The van der Waals surface area contributed by atoms with Crippen molar-refractivity contribution in [3.05, 3.63) is 222 Å². The topological polar surface area (TPSA) is 235 Å². The largest absolute Gasteiger partial charge is 0.499 e. The van der Waals surface area contributed by atoms with Crippen molar-refractivity contribution < 1.29 is 24.8 Å². The Labute approximate surface area is 574 Å². The Morgan fingerprint density at radius 1 is 0.511 bits per heavy atom. The van der Waals surface area contributed by atoms with E-state index >= 15 is 0 Å². The van der Waals surface area contributed by atoms with Gasteiger partial charge in [-0.3, -0.25) is 30.3 Å². The van der Waals surface area contributed by atoms with Crippen LogP contribution in [0, 0.1) is 33.9 Å². The van der Waals surface area contributed by atoms with E-state index in [1.54, 1.807) is 81.6 Å². The molecule has 0 saturated carbocycles. The minimum absolute atomic E-state index is 0.131. The van der Waals surface area contributed by atoms with Crippen LogP contribution in [0.25, 0.3) is 52.2 Å². The maximum atomic E-state index is 11.2. The molecule has 0 bridgehead atoms. The van der Waals surface area contributed by atoms with E-state index in [1.807, 2.05) is 118 Å². The second-order valence-electron chi connectivity index (χ2n) is 19.1. The van der Waals surface area contributed by atoms with E-state index in [9.17, 15) is 30.3 Å². The number of hydrogen-bond acceptors (Lipinski definition) is 19. The van der Waals surface area contributed by atoms with Crippen molar-refractivity contribution in [3.63, 3.8) is 0 Å². The minimum Gasteiger partial charge on any atom is -0.423 e. The van der Waals surface area contributed by atoms with Crippen LogP contribution in [0.3, 0.4) is 0 Å². The maximum Gasteiger partial charge on any atom is 0.499 e. The molecular weight excluding hydrogens is 1600 g/mol.